The molecule has 2 amide bonds. The van der Waals surface area contributed by atoms with E-state index in [4.69, 9.17) is 4.42 Å². The van der Waals surface area contributed by atoms with E-state index in [9.17, 15) is 24.0 Å². The highest BCUT2D eigenvalue weighted by Gasteiger charge is 2.36. The van der Waals surface area contributed by atoms with E-state index < -0.39 is 29.6 Å². The van der Waals surface area contributed by atoms with E-state index in [0.717, 1.165) is 43.9 Å². The Balaban J connectivity index is 1.48. The zero-order chi connectivity index (χ0) is 27.9. The van der Waals surface area contributed by atoms with Crippen molar-refractivity contribution in [2.45, 2.75) is 96.6 Å². The maximum Gasteiger partial charge on any atom is 0.289 e. The summed E-state index contributed by atoms with van der Waals surface area (Å²) >= 11 is 0. The number of para-hydroxylation sites is 1. The Hall–Kier alpha value is -3.29. The first-order chi connectivity index (χ1) is 18.7. The molecule has 3 atom stereocenters. The van der Waals surface area contributed by atoms with Crippen molar-refractivity contribution in [2.75, 3.05) is 0 Å². The van der Waals surface area contributed by atoms with E-state index in [-0.39, 0.29) is 48.0 Å². The smallest absolute Gasteiger partial charge is 0.289 e. The average Bonchev–Trinajstić information content (AvgIpc) is 3.53. The number of amides is 2. The number of ketones is 3. The molecule has 1 heterocycles. The minimum atomic E-state index is -1.11. The van der Waals surface area contributed by atoms with Gasteiger partial charge >= 0.3 is 0 Å². The predicted octanol–water partition coefficient (Wildman–Crippen LogP) is 4.93. The van der Waals surface area contributed by atoms with Crippen LogP contribution in [-0.4, -0.2) is 41.2 Å². The van der Waals surface area contributed by atoms with Crippen LogP contribution in [0.25, 0.3) is 11.0 Å². The van der Waals surface area contributed by atoms with Gasteiger partial charge in [0.25, 0.3) is 5.91 Å². The van der Waals surface area contributed by atoms with Gasteiger partial charge in [0, 0.05) is 36.1 Å². The topological polar surface area (TPSA) is 123 Å². The molecule has 0 unspecified atom stereocenters. The molecule has 2 aliphatic rings. The van der Waals surface area contributed by atoms with Gasteiger partial charge in [-0.3, -0.25) is 24.0 Å². The molecule has 0 bridgehead atoms. The van der Waals surface area contributed by atoms with Crippen LogP contribution < -0.4 is 10.6 Å². The third-order valence-corrected chi connectivity index (χ3v) is 8.01. The minimum absolute atomic E-state index is 0.0465. The molecule has 0 spiro atoms. The summed E-state index contributed by atoms with van der Waals surface area (Å²) in [5.41, 5.74) is 0.599. The van der Waals surface area contributed by atoms with Gasteiger partial charge in [0.1, 0.15) is 11.4 Å². The second kappa shape index (κ2) is 13.2. The van der Waals surface area contributed by atoms with Crippen LogP contribution in [-0.2, 0) is 19.2 Å². The van der Waals surface area contributed by atoms with Crippen LogP contribution in [0, 0.1) is 17.8 Å². The number of rotatable bonds is 12. The Morgan fingerprint density at radius 3 is 2.41 bits per heavy atom. The molecule has 0 radical (unpaired) electrons. The Labute approximate surface area is 229 Å². The van der Waals surface area contributed by atoms with E-state index in [1.165, 1.54) is 0 Å². The van der Waals surface area contributed by atoms with Gasteiger partial charge in [-0.15, -0.1) is 0 Å². The second-order valence-corrected chi connectivity index (χ2v) is 11.6. The summed E-state index contributed by atoms with van der Waals surface area (Å²) < 4.78 is 5.71. The number of furan rings is 1. The van der Waals surface area contributed by atoms with Crippen molar-refractivity contribution in [1.29, 1.82) is 0 Å². The van der Waals surface area contributed by atoms with Gasteiger partial charge in [-0.1, -0.05) is 51.3 Å². The van der Waals surface area contributed by atoms with E-state index in [1.807, 2.05) is 32.0 Å². The van der Waals surface area contributed by atoms with Crippen LogP contribution >= 0.6 is 0 Å². The lowest BCUT2D eigenvalue weighted by atomic mass is 9.89. The average molecular weight is 537 g/mol. The maximum atomic E-state index is 13.5. The number of fused-ring (bicyclic) bond motifs is 1. The lowest BCUT2D eigenvalue weighted by Crippen LogP contribution is -2.52. The largest absolute Gasteiger partial charge is 0.453 e. The van der Waals surface area contributed by atoms with Crippen molar-refractivity contribution in [2.24, 2.45) is 17.8 Å². The molecule has 39 heavy (non-hydrogen) atoms. The van der Waals surface area contributed by atoms with Gasteiger partial charge in [-0.05, 0) is 56.6 Å². The van der Waals surface area contributed by atoms with Crippen molar-refractivity contribution in [1.82, 2.24) is 10.6 Å². The van der Waals surface area contributed by atoms with Gasteiger partial charge in [-0.25, -0.2) is 0 Å². The Morgan fingerprint density at radius 1 is 1.00 bits per heavy atom. The molecule has 2 saturated carbocycles. The number of hydrogen-bond acceptors (Lipinski definition) is 6. The molecule has 8 nitrogen and oxygen atoms in total. The molecule has 2 N–H and O–H groups in total. The third kappa shape index (κ3) is 7.64. The summed E-state index contributed by atoms with van der Waals surface area (Å²) in [5, 5.41) is 6.44. The fourth-order valence-electron chi connectivity index (χ4n) is 5.90. The predicted molar refractivity (Wildman–Crippen MR) is 147 cm³/mol. The number of hydrogen-bond donors (Lipinski definition) is 2. The zero-order valence-corrected chi connectivity index (χ0v) is 23.0. The van der Waals surface area contributed by atoms with Crippen molar-refractivity contribution in [3.63, 3.8) is 0 Å². The van der Waals surface area contributed by atoms with Crippen LogP contribution in [0.2, 0.25) is 0 Å². The van der Waals surface area contributed by atoms with Crippen LogP contribution in [0.5, 0.6) is 0 Å². The molecule has 8 heteroatoms. The van der Waals surface area contributed by atoms with Crippen molar-refractivity contribution < 1.29 is 28.4 Å². The van der Waals surface area contributed by atoms with Crippen LogP contribution in [0.15, 0.2) is 34.7 Å². The van der Waals surface area contributed by atoms with Crippen LogP contribution in [0.1, 0.15) is 95.0 Å². The second-order valence-electron chi connectivity index (χ2n) is 11.6. The molecule has 210 valence electrons. The summed E-state index contributed by atoms with van der Waals surface area (Å²) in [4.78, 5) is 65.3. The molecule has 2 aromatic rings. The molecular weight excluding hydrogens is 496 g/mol. The lowest BCUT2D eigenvalue weighted by Gasteiger charge is -2.26. The minimum Gasteiger partial charge on any atom is -0.453 e. The molecule has 2 aliphatic carbocycles. The highest BCUT2D eigenvalue weighted by Crippen LogP contribution is 2.27. The van der Waals surface area contributed by atoms with Crippen LogP contribution in [0.4, 0.5) is 0 Å². The lowest BCUT2D eigenvalue weighted by molar-refractivity contribution is -0.141. The molecule has 4 rings (SSSR count). The van der Waals surface area contributed by atoms with Gasteiger partial charge in [0.05, 0.1) is 6.04 Å². The zero-order valence-electron chi connectivity index (χ0n) is 23.0. The Bertz CT molecular complexity index is 1180. The Kier molecular flexibility index (Phi) is 9.70. The summed E-state index contributed by atoms with van der Waals surface area (Å²) in [6.07, 6.45) is 7.08. The molecule has 0 aliphatic heterocycles. The van der Waals surface area contributed by atoms with Crippen molar-refractivity contribution >= 4 is 40.1 Å². The number of Topliss-reactive ketones (excluding diaryl/α,β-unsaturated/α-hetero) is 3. The van der Waals surface area contributed by atoms with Gasteiger partial charge in [0.15, 0.2) is 11.5 Å². The van der Waals surface area contributed by atoms with E-state index >= 15 is 0 Å². The quantitative estimate of drug-likeness (QED) is 0.293. The third-order valence-electron chi connectivity index (χ3n) is 8.01. The first-order valence-corrected chi connectivity index (χ1v) is 14.4. The summed E-state index contributed by atoms with van der Waals surface area (Å²) in [6, 6.07) is 7.84. The first kappa shape index (κ1) is 28.7. The number of carbonyl (C=O) groups is 5. The molecule has 2 fully saturated rings. The molecule has 0 saturated heterocycles. The van der Waals surface area contributed by atoms with Gasteiger partial charge < -0.3 is 15.1 Å². The summed E-state index contributed by atoms with van der Waals surface area (Å²) in [5.74, 6) is -2.88. The molecular formula is C31H40N2O6. The number of nitrogens with one attached hydrogen (secondary N) is 2. The van der Waals surface area contributed by atoms with Crippen LogP contribution in [0.3, 0.4) is 0 Å². The standard InChI is InChI=1S/C31H40N2O6/c1-19(2)15-22(17-26(35)28-18-21-9-6-7-14-27(21)39-28)30(37)33-24(16-20-10-8-13-25(20)34)29(36)31(38)32-23-11-4-3-5-12-23/h6-7,9,14,18-20,22-24H,3-5,8,10-13,15-17H2,1-2H3,(H,32,38)(H,33,37)/t20-,22+,24-/m0/s1. The highest BCUT2D eigenvalue weighted by atomic mass is 16.3. The van der Waals surface area contributed by atoms with Gasteiger partial charge in [-0.2, -0.15) is 0 Å². The summed E-state index contributed by atoms with van der Waals surface area (Å²) in [6.45, 7) is 3.92. The van der Waals surface area contributed by atoms with E-state index in [2.05, 4.69) is 10.6 Å². The first-order valence-electron chi connectivity index (χ1n) is 14.4. The number of benzene rings is 1. The Morgan fingerprint density at radius 2 is 1.74 bits per heavy atom. The SMILES string of the molecule is CC(C)C[C@H](CC(=O)c1cc2ccccc2o1)C(=O)N[C@@H](C[C@@H]1CCCC1=O)C(=O)C(=O)NC1CCCCC1. The molecule has 1 aromatic heterocycles. The van der Waals surface area contributed by atoms with Crippen molar-refractivity contribution in [3.8, 4) is 0 Å². The number of carbonyl (C=O) groups excluding carboxylic acids is 5. The fraction of sp³-hybridized carbons (Fsp3) is 0.581. The fourth-order valence-corrected chi connectivity index (χ4v) is 5.90. The normalized spacial score (nSPS) is 19.7. The van der Waals surface area contributed by atoms with E-state index in [0.29, 0.717) is 24.8 Å². The maximum absolute atomic E-state index is 13.5. The highest BCUT2D eigenvalue weighted by molar-refractivity contribution is 6.38. The molecule has 1 aromatic carbocycles. The van der Waals surface area contributed by atoms with Gasteiger partial charge in [0.2, 0.25) is 11.7 Å². The van der Waals surface area contributed by atoms with E-state index in [1.54, 1.807) is 12.1 Å². The van der Waals surface area contributed by atoms with Crippen molar-refractivity contribution in [3.05, 3.63) is 36.1 Å². The summed E-state index contributed by atoms with van der Waals surface area (Å²) in [7, 11) is 0. The monoisotopic (exact) mass is 536 g/mol.